The lowest BCUT2D eigenvalue weighted by atomic mass is 9.83. The summed E-state index contributed by atoms with van der Waals surface area (Å²) in [7, 11) is 0. The molecule has 3 N–H and O–H groups in total. The number of nitrogens with zero attached hydrogens (tertiary/aromatic N) is 1. The smallest absolute Gasteiger partial charge is 0.174 e. The third kappa shape index (κ3) is 3.60. The summed E-state index contributed by atoms with van der Waals surface area (Å²) in [5, 5.41) is 12.1. The maximum absolute atomic E-state index is 8.96. The molecule has 0 bridgehead atoms. The van der Waals surface area contributed by atoms with Crippen molar-refractivity contribution < 1.29 is 9.94 Å². The van der Waals surface area contributed by atoms with Crippen molar-refractivity contribution in [3.05, 3.63) is 23.8 Å². The quantitative estimate of drug-likeness (QED) is 0.266. The van der Waals surface area contributed by atoms with Gasteiger partial charge in [-0.1, -0.05) is 37.4 Å². The zero-order valence-electron chi connectivity index (χ0n) is 11.8. The predicted molar refractivity (Wildman–Crippen MR) is 82.8 cm³/mol. The Morgan fingerprint density at radius 1 is 1.50 bits per heavy atom. The zero-order valence-corrected chi connectivity index (χ0v) is 12.7. The second-order valence-electron chi connectivity index (χ2n) is 4.98. The van der Waals surface area contributed by atoms with E-state index in [2.05, 4.69) is 12.1 Å². The monoisotopic (exact) mass is 294 g/mol. The largest absolute Gasteiger partial charge is 0.493 e. The lowest BCUT2D eigenvalue weighted by molar-refractivity contribution is 0.221. The first-order valence-electron chi connectivity index (χ1n) is 7.12. The highest BCUT2D eigenvalue weighted by atomic mass is 32.2. The van der Waals surface area contributed by atoms with Crippen LogP contribution in [-0.2, 0) is 0 Å². The highest BCUT2D eigenvalue weighted by Crippen LogP contribution is 2.32. The molecule has 1 aromatic rings. The molecule has 0 aromatic heterocycles. The molecule has 0 amide bonds. The Morgan fingerprint density at radius 3 is 2.90 bits per heavy atom. The van der Waals surface area contributed by atoms with Gasteiger partial charge in [-0.25, -0.2) is 0 Å². The van der Waals surface area contributed by atoms with Gasteiger partial charge in [-0.3, -0.25) is 0 Å². The molecule has 0 atom stereocenters. The van der Waals surface area contributed by atoms with Gasteiger partial charge in [0.1, 0.15) is 5.75 Å². The van der Waals surface area contributed by atoms with Crippen LogP contribution >= 0.6 is 11.8 Å². The summed E-state index contributed by atoms with van der Waals surface area (Å²) in [6.45, 7) is 2.77. The third-order valence-corrected chi connectivity index (χ3v) is 4.60. The Bertz CT molecular complexity index is 473. The number of nitrogens with two attached hydrogens (primary N) is 1. The van der Waals surface area contributed by atoms with E-state index in [0.29, 0.717) is 17.9 Å². The van der Waals surface area contributed by atoms with Gasteiger partial charge < -0.3 is 15.7 Å². The summed E-state index contributed by atoms with van der Waals surface area (Å²) in [6.07, 6.45) is 5.08. The van der Waals surface area contributed by atoms with Crippen LogP contribution in [0.5, 0.6) is 5.75 Å². The van der Waals surface area contributed by atoms with Crippen LogP contribution in [-0.4, -0.2) is 23.4 Å². The van der Waals surface area contributed by atoms with Gasteiger partial charge in [-0.2, -0.15) is 0 Å². The number of oxime groups is 1. The average Bonchev–Trinajstić information content (AvgIpc) is 2.41. The van der Waals surface area contributed by atoms with Crippen molar-refractivity contribution in [2.24, 2.45) is 16.8 Å². The van der Waals surface area contributed by atoms with E-state index >= 15 is 0 Å². The minimum absolute atomic E-state index is 0.111. The van der Waals surface area contributed by atoms with Crippen LogP contribution in [0.1, 0.15) is 38.2 Å². The van der Waals surface area contributed by atoms with E-state index in [1.54, 1.807) is 11.8 Å². The van der Waals surface area contributed by atoms with Crippen LogP contribution in [0.2, 0.25) is 0 Å². The van der Waals surface area contributed by atoms with E-state index in [4.69, 9.17) is 15.7 Å². The van der Waals surface area contributed by atoms with Gasteiger partial charge in [0.05, 0.1) is 12.2 Å². The van der Waals surface area contributed by atoms with Gasteiger partial charge >= 0.3 is 0 Å². The molecule has 1 fully saturated rings. The van der Waals surface area contributed by atoms with Crippen molar-refractivity contribution >= 4 is 17.6 Å². The molecule has 20 heavy (non-hydrogen) atoms. The number of thioether (sulfide) groups is 1. The van der Waals surface area contributed by atoms with Crippen LogP contribution in [0.25, 0.3) is 0 Å². The van der Waals surface area contributed by atoms with Crippen molar-refractivity contribution in [1.82, 2.24) is 0 Å². The molecule has 1 aliphatic rings. The van der Waals surface area contributed by atoms with Crippen LogP contribution in [0, 0.1) is 5.92 Å². The minimum atomic E-state index is 0.111. The Hall–Kier alpha value is -1.36. The number of hydrogen-bond donors (Lipinski definition) is 2. The first-order chi connectivity index (χ1) is 9.76. The average molecular weight is 294 g/mol. The summed E-state index contributed by atoms with van der Waals surface area (Å²) < 4.78 is 5.87. The van der Waals surface area contributed by atoms with Crippen molar-refractivity contribution in [1.29, 1.82) is 0 Å². The first kappa shape index (κ1) is 15.0. The Morgan fingerprint density at radius 2 is 2.30 bits per heavy atom. The summed E-state index contributed by atoms with van der Waals surface area (Å²) in [5.41, 5.74) is 6.51. The van der Waals surface area contributed by atoms with Gasteiger partial charge in [0, 0.05) is 4.90 Å². The summed E-state index contributed by atoms with van der Waals surface area (Å²) in [5.74, 6) is 2.56. The summed E-state index contributed by atoms with van der Waals surface area (Å²) in [6, 6.07) is 5.80. The van der Waals surface area contributed by atoms with Gasteiger partial charge in [-0.15, -0.1) is 11.8 Å². The molecule has 0 unspecified atom stereocenters. The Kier molecular flexibility index (Phi) is 5.59. The molecule has 0 aliphatic heterocycles. The fourth-order valence-corrected chi connectivity index (χ4v) is 3.16. The zero-order chi connectivity index (χ0) is 14.4. The van der Waals surface area contributed by atoms with Crippen molar-refractivity contribution in [3.63, 3.8) is 0 Å². The van der Waals surface area contributed by atoms with Crippen LogP contribution < -0.4 is 10.5 Å². The predicted octanol–water partition coefficient (Wildman–Crippen LogP) is 3.46. The van der Waals surface area contributed by atoms with Crippen molar-refractivity contribution in [3.8, 4) is 5.75 Å². The lowest BCUT2D eigenvalue weighted by Crippen LogP contribution is -2.18. The molecule has 2 rings (SSSR count). The van der Waals surface area contributed by atoms with E-state index in [1.165, 1.54) is 19.3 Å². The molecule has 1 aliphatic carbocycles. The molecule has 5 heteroatoms. The maximum atomic E-state index is 8.96. The van der Waals surface area contributed by atoms with Crippen LogP contribution in [0.4, 0.5) is 0 Å². The molecular weight excluding hydrogens is 272 g/mol. The number of hydrogen-bond acceptors (Lipinski definition) is 4. The standard InChI is InChI=1S/C15H22N2O2S/c1-2-20-13-8-4-7-12(14(13)15(16)17-18)19-10-9-11-5-3-6-11/h4,7-8,11,18H,2-3,5-6,9-10H2,1H3,(H2,16,17). The van der Waals surface area contributed by atoms with E-state index in [1.807, 2.05) is 18.2 Å². The molecule has 0 radical (unpaired) electrons. The second kappa shape index (κ2) is 7.43. The topological polar surface area (TPSA) is 67.8 Å². The van der Waals surface area contributed by atoms with Gasteiger partial charge in [0.2, 0.25) is 0 Å². The van der Waals surface area contributed by atoms with E-state index in [9.17, 15) is 0 Å². The van der Waals surface area contributed by atoms with E-state index in [-0.39, 0.29) is 5.84 Å². The Labute approximate surface area is 124 Å². The third-order valence-electron chi connectivity index (χ3n) is 3.66. The van der Waals surface area contributed by atoms with E-state index in [0.717, 1.165) is 23.0 Å². The molecule has 0 spiro atoms. The van der Waals surface area contributed by atoms with Crippen LogP contribution in [0.15, 0.2) is 28.3 Å². The normalized spacial score (nSPS) is 15.9. The van der Waals surface area contributed by atoms with Crippen molar-refractivity contribution in [2.45, 2.75) is 37.5 Å². The first-order valence-corrected chi connectivity index (χ1v) is 8.11. The molecule has 110 valence electrons. The fraction of sp³-hybridized carbons (Fsp3) is 0.533. The maximum Gasteiger partial charge on any atom is 0.174 e. The van der Waals surface area contributed by atoms with Gasteiger partial charge in [0.25, 0.3) is 0 Å². The molecule has 0 heterocycles. The SMILES string of the molecule is CCSc1cccc(OCCC2CCC2)c1/C(N)=N/O. The second-order valence-corrected chi connectivity index (χ2v) is 6.29. The number of amidine groups is 1. The highest BCUT2D eigenvalue weighted by molar-refractivity contribution is 7.99. The highest BCUT2D eigenvalue weighted by Gasteiger charge is 2.18. The lowest BCUT2D eigenvalue weighted by Gasteiger charge is -2.25. The fourth-order valence-electron chi connectivity index (χ4n) is 2.33. The van der Waals surface area contributed by atoms with Gasteiger partial charge in [0.15, 0.2) is 5.84 Å². The molecule has 1 aromatic carbocycles. The molecule has 0 saturated heterocycles. The molecule has 4 nitrogen and oxygen atoms in total. The molecular formula is C15H22N2O2S. The number of benzene rings is 1. The van der Waals surface area contributed by atoms with Crippen molar-refractivity contribution in [2.75, 3.05) is 12.4 Å². The van der Waals surface area contributed by atoms with E-state index < -0.39 is 0 Å². The summed E-state index contributed by atoms with van der Waals surface area (Å²) >= 11 is 1.66. The number of ether oxygens (including phenoxy) is 1. The summed E-state index contributed by atoms with van der Waals surface area (Å²) in [4.78, 5) is 0.990. The molecule has 1 saturated carbocycles. The van der Waals surface area contributed by atoms with Gasteiger partial charge in [-0.05, 0) is 30.2 Å². The number of rotatable bonds is 7. The Balaban J connectivity index is 2.10. The van der Waals surface area contributed by atoms with Crippen LogP contribution in [0.3, 0.4) is 0 Å². The minimum Gasteiger partial charge on any atom is -0.493 e.